The molecule has 3 aliphatic rings. The monoisotopic (exact) mass is 357 g/mol. The summed E-state index contributed by atoms with van der Waals surface area (Å²) >= 11 is 0. The second-order valence-corrected chi connectivity index (χ2v) is 8.58. The van der Waals surface area contributed by atoms with Gasteiger partial charge in [0, 0.05) is 25.0 Å². The van der Waals surface area contributed by atoms with Crippen LogP contribution in [0.5, 0.6) is 0 Å². The van der Waals surface area contributed by atoms with Crippen LogP contribution >= 0.6 is 0 Å². The Bertz CT molecular complexity index is 704. The van der Waals surface area contributed by atoms with Crippen LogP contribution in [-0.4, -0.2) is 47.6 Å². The second kappa shape index (κ2) is 6.35. The molecule has 0 radical (unpaired) electrons. The standard InChI is InChI=1S/C20H27N3O3/c1-19(14-5-3-2-4-6-14)9-10-23(13-19)18(25)16-15(17(24)22-26)11-20(7-8-20)12-21-16/h2-6,15-16,21,26H,7-13H2,1H3,(H,22,24). The number of piperidine rings is 1. The Kier molecular flexibility index (Phi) is 4.28. The van der Waals surface area contributed by atoms with Crippen LogP contribution in [0, 0.1) is 11.3 Å². The lowest BCUT2D eigenvalue weighted by molar-refractivity contribution is -0.144. The Balaban J connectivity index is 1.49. The van der Waals surface area contributed by atoms with Gasteiger partial charge in [0.1, 0.15) is 0 Å². The lowest BCUT2D eigenvalue weighted by Crippen LogP contribution is -2.58. The van der Waals surface area contributed by atoms with Gasteiger partial charge in [-0.2, -0.15) is 0 Å². The fourth-order valence-electron chi connectivity index (χ4n) is 4.69. The Morgan fingerprint density at radius 3 is 2.62 bits per heavy atom. The van der Waals surface area contributed by atoms with Crippen molar-refractivity contribution in [3.05, 3.63) is 35.9 Å². The van der Waals surface area contributed by atoms with Crippen LogP contribution in [0.15, 0.2) is 30.3 Å². The minimum atomic E-state index is -0.550. The number of hydroxylamine groups is 1. The maximum Gasteiger partial charge on any atom is 0.248 e. The van der Waals surface area contributed by atoms with Crippen LogP contribution in [-0.2, 0) is 15.0 Å². The molecule has 4 rings (SSSR count). The predicted octanol–water partition coefficient (Wildman–Crippen LogP) is 1.44. The van der Waals surface area contributed by atoms with Gasteiger partial charge in [0.05, 0.1) is 12.0 Å². The van der Waals surface area contributed by atoms with Gasteiger partial charge in [0.2, 0.25) is 11.8 Å². The third-order valence-electron chi connectivity index (χ3n) is 6.68. The van der Waals surface area contributed by atoms with E-state index in [0.717, 1.165) is 25.8 Å². The number of nitrogens with one attached hydrogen (secondary N) is 2. The summed E-state index contributed by atoms with van der Waals surface area (Å²) in [4.78, 5) is 27.3. The highest BCUT2D eigenvalue weighted by molar-refractivity contribution is 5.90. The first kappa shape index (κ1) is 17.5. The normalized spacial score (nSPS) is 32.5. The average molecular weight is 357 g/mol. The van der Waals surface area contributed by atoms with Gasteiger partial charge < -0.3 is 10.2 Å². The molecule has 6 heteroatoms. The number of carbonyl (C=O) groups excluding carboxylic acids is 2. The molecule has 140 valence electrons. The van der Waals surface area contributed by atoms with Crippen LogP contribution in [0.2, 0.25) is 0 Å². The van der Waals surface area contributed by atoms with Crippen LogP contribution in [0.3, 0.4) is 0 Å². The smallest absolute Gasteiger partial charge is 0.248 e. The minimum Gasteiger partial charge on any atom is -0.340 e. The summed E-state index contributed by atoms with van der Waals surface area (Å²) in [6.45, 7) is 4.33. The van der Waals surface area contributed by atoms with E-state index in [1.165, 1.54) is 5.56 Å². The van der Waals surface area contributed by atoms with Gasteiger partial charge in [0.15, 0.2) is 0 Å². The van der Waals surface area contributed by atoms with Gasteiger partial charge in [-0.05, 0) is 36.7 Å². The Labute approximate surface area is 153 Å². The van der Waals surface area contributed by atoms with Gasteiger partial charge in [-0.1, -0.05) is 37.3 Å². The van der Waals surface area contributed by atoms with Crippen molar-refractivity contribution in [1.29, 1.82) is 0 Å². The number of hydrogen-bond acceptors (Lipinski definition) is 4. The third-order valence-corrected chi connectivity index (χ3v) is 6.68. The SMILES string of the molecule is CC1(c2ccccc2)CCN(C(=O)C2NCC3(CC3)CC2C(=O)NO)C1. The van der Waals surface area contributed by atoms with E-state index in [1.807, 2.05) is 23.1 Å². The minimum absolute atomic E-state index is 0.0197. The van der Waals surface area contributed by atoms with E-state index < -0.39 is 17.9 Å². The zero-order valence-corrected chi connectivity index (χ0v) is 15.2. The first-order chi connectivity index (χ1) is 12.5. The summed E-state index contributed by atoms with van der Waals surface area (Å²) in [6, 6.07) is 9.75. The topological polar surface area (TPSA) is 81.7 Å². The molecule has 2 aliphatic heterocycles. The maximum absolute atomic E-state index is 13.2. The number of hydrogen-bond donors (Lipinski definition) is 3. The maximum atomic E-state index is 13.2. The molecule has 3 fully saturated rings. The Morgan fingerprint density at radius 1 is 1.23 bits per heavy atom. The van der Waals surface area contributed by atoms with E-state index in [2.05, 4.69) is 24.4 Å². The first-order valence-electron chi connectivity index (χ1n) is 9.48. The molecule has 0 bridgehead atoms. The summed E-state index contributed by atoms with van der Waals surface area (Å²) in [5.41, 5.74) is 3.10. The zero-order chi connectivity index (χ0) is 18.4. The lowest BCUT2D eigenvalue weighted by atomic mass is 9.81. The van der Waals surface area contributed by atoms with Crippen LogP contribution in [0.4, 0.5) is 0 Å². The van der Waals surface area contributed by atoms with Crippen LogP contribution in [0.1, 0.15) is 38.2 Å². The first-order valence-corrected chi connectivity index (χ1v) is 9.48. The van der Waals surface area contributed by atoms with Crippen molar-refractivity contribution in [2.75, 3.05) is 19.6 Å². The molecule has 2 saturated heterocycles. The molecule has 3 unspecified atom stereocenters. The second-order valence-electron chi connectivity index (χ2n) is 8.58. The molecule has 2 amide bonds. The van der Waals surface area contributed by atoms with E-state index in [1.54, 1.807) is 5.48 Å². The molecule has 2 heterocycles. The van der Waals surface area contributed by atoms with Crippen molar-refractivity contribution in [3.8, 4) is 0 Å². The molecular formula is C20H27N3O3. The van der Waals surface area contributed by atoms with E-state index >= 15 is 0 Å². The van der Waals surface area contributed by atoms with Crippen molar-refractivity contribution < 1.29 is 14.8 Å². The fourth-order valence-corrected chi connectivity index (χ4v) is 4.69. The summed E-state index contributed by atoms with van der Waals surface area (Å²) in [7, 11) is 0. The third kappa shape index (κ3) is 3.01. The molecule has 3 N–H and O–H groups in total. The molecule has 1 aromatic rings. The molecule has 1 spiro atoms. The summed E-state index contributed by atoms with van der Waals surface area (Å²) in [6.07, 6.45) is 3.76. The molecule has 1 saturated carbocycles. The van der Waals surface area contributed by atoms with E-state index in [9.17, 15) is 9.59 Å². The molecule has 3 atom stereocenters. The van der Waals surface area contributed by atoms with Crippen molar-refractivity contribution in [3.63, 3.8) is 0 Å². The van der Waals surface area contributed by atoms with Gasteiger partial charge in [-0.3, -0.25) is 14.8 Å². The van der Waals surface area contributed by atoms with E-state index in [4.69, 9.17) is 5.21 Å². The molecule has 1 aliphatic carbocycles. The van der Waals surface area contributed by atoms with Crippen molar-refractivity contribution in [1.82, 2.24) is 15.7 Å². The van der Waals surface area contributed by atoms with Crippen LogP contribution < -0.4 is 10.8 Å². The number of likely N-dealkylation sites (tertiary alicyclic amines) is 1. The number of carbonyl (C=O) groups is 2. The van der Waals surface area contributed by atoms with Gasteiger partial charge in [-0.15, -0.1) is 0 Å². The van der Waals surface area contributed by atoms with Gasteiger partial charge in [-0.25, -0.2) is 5.48 Å². The number of benzene rings is 1. The molecule has 26 heavy (non-hydrogen) atoms. The highest BCUT2D eigenvalue weighted by Gasteiger charge is 2.53. The Hall–Kier alpha value is -1.92. The van der Waals surface area contributed by atoms with Crippen molar-refractivity contribution in [2.45, 2.75) is 44.1 Å². The number of nitrogens with zero attached hydrogens (tertiary/aromatic N) is 1. The summed E-state index contributed by atoms with van der Waals surface area (Å²) in [5.74, 6) is -0.979. The average Bonchev–Trinajstić information content (AvgIpc) is 3.30. The quantitative estimate of drug-likeness (QED) is 0.565. The van der Waals surface area contributed by atoms with Crippen LogP contribution in [0.25, 0.3) is 0 Å². The summed E-state index contributed by atoms with van der Waals surface area (Å²) < 4.78 is 0. The molecule has 0 aromatic heterocycles. The van der Waals surface area contributed by atoms with E-state index in [0.29, 0.717) is 19.5 Å². The molecule has 1 aromatic carbocycles. The van der Waals surface area contributed by atoms with Gasteiger partial charge >= 0.3 is 0 Å². The van der Waals surface area contributed by atoms with Crippen molar-refractivity contribution >= 4 is 11.8 Å². The molecule has 6 nitrogen and oxygen atoms in total. The lowest BCUT2D eigenvalue weighted by Gasteiger charge is -2.37. The Morgan fingerprint density at radius 2 is 1.96 bits per heavy atom. The predicted molar refractivity (Wildman–Crippen MR) is 96.5 cm³/mol. The zero-order valence-electron chi connectivity index (χ0n) is 15.2. The molecular weight excluding hydrogens is 330 g/mol. The summed E-state index contributed by atoms with van der Waals surface area (Å²) in [5, 5.41) is 12.4. The largest absolute Gasteiger partial charge is 0.340 e. The fraction of sp³-hybridized carbons (Fsp3) is 0.600. The number of amides is 2. The highest BCUT2D eigenvalue weighted by atomic mass is 16.5. The highest BCUT2D eigenvalue weighted by Crippen LogP contribution is 2.52. The number of rotatable bonds is 3. The van der Waals surface area contributed by atoms with E-state index in [-0.39, 0.29) is 16.7 Å². The van der Waals surface area contributed by atoms with Crippen molar-refractivity contribution in [2.24, 2.45) is 11.3 Å². The van der Waals surface area contributed by atoms with Gasteiger partial charge in [0.25, 0.3) is 0 Å².